The summed E-state index contributed by atoms with van der Waals surface area (Å²) >= 11 is 0. The number of aryl methyl sites for hydroxylation is 1. The van der Waals surface area contributed by atoms with Crippen molar-refractivity contribution in [3.05, 3.63) is 28.1 Å². The monoisotopic (exact) mass is 232 g/mol. The Morgan fingerprint density at radius 3 is 2.59 bits per heavy atom. The molecule has 4 nitrogen and oxygen atoms in total. The van der Waals surface area contributed by atoms with Crippen LogP contribution in [0, 0.1) is 6.92 Å². The second-order valence-corrected chi connectivity index (χ2v) is 4.93. The summed E-state index contributed by atoms with van der Waals surface area (Å²) in [6, 6.07) is 0. The maximum absolute atomic E-state index is 11.0. The van der Waals surface area contributed by atoms with Gasteiger partial charge in [0.15, 0.2) is 0 Å². The molecule has 1 amide bonds. The summed E-state index contributed by atoms with van der Waals surface area (Å²) in [5, 5.41) is 9.06. The van der Waals surface area contributed by atoms with Gasteiger partial charge in [0.05, 0.1) is 18.8 Å². The third-order valence-electron chi connectivity index (χ3n) is 3.88. The van der Waals surface area contributed by atoms with E-state index in [0.717, 1.165) is 24.2 Å². The minimum absolute atomic E-state index is 0.457. The number of carboxylic acid groups (broad SMARTS) is 1. The van der Waals surface area contributed by atoms with E-state index in [2.05, 4.69) is 4.98 Å². The number of rotatable bonds is 0. The van der Waals surface area contributed by atoms with Crippen molar-refractivity contribution in [2.45, 2.75) is 45.7 Å². The Hall–Kier alpha value is -1.58. The predicted molar refractivity (Wildman–Crippen MR) is 62.9 cm³/mol. The Labute approximate surface area is 100 Å². The van der Waals surface area contributed by atoms with Crippen LogP contribution >= 0.6 is 0 Å². The smallest absolute Gasteiger partial charge is 0.407 e. The van der Waals surface area contributed by atoms with Gasteiger partial charge < -0.3 is 5.11 Å². The molecule has 2 heterocycles. The molecule has 17 heavy (non-hydrogen) atoms. The lowest BCUT2D eigenvalue weighted by Gasteiger charge is -2.20. The van der Waals surface area contributed by atoms with E-state index in [0.29, 0.717) is 13.1 Å². The van der Waals surface area contributed by atoms with Crippen LogP contribution in [0.3, 0.4) is 0 Å². The number of hydrogen-bond donors (Lipinski definition) is 1. The normalized spacial score (nSPS) is 17.8. The van der Waals surface area contributed by atoms with Crippen molar-refractivity contribution in [1.82, 2.24) is 9.88 Å². The quantitative estimate of drug-likeness (QED) is 0.746. The zero-order chi connectivity index (χ0) is 12.0. The second kappa shape index (κ2) is 3.72. The first-order chi connectivity index (χ1) is 8.16. The highest BCUT2D eigenvalue weighted by molar-refractivity contribution is 5.66. The summed E-state index contributed by atoms with van der Waals surface area (Å²) < 4.78 is 0. The van der Waals surface area contributed by atoms with E-state index in [1.54, 1.807) is 0 Å². The van der Waals surface area contributed by atoms with Gasteiger partial charge in [-0.1, -0.05) is 0 Å². The molecule has 0 atom stereocenters. The number of carbonyl (C=O) groups is 1. The Morgan fingerprint density at radius 2 is 1.88 bits per heavy atom. The molecule has 3 rings (SSSR count). The third-order valence-corrected chi connectivity index (χ3v) is 3.88. The van der Waals surface area contributed by atoms with E-state index in [9.17, 15) is 4.79 Å². The summed E-state index contributed by atoms with van der Waals surface area (Å²) in [6.07, 6.45) is 3.81. The number of amides is 1. The van der Waals surface area contributed by atoms with Crippen LogP contribution in [0.1, 0.15) is 40.9 Å². The van der Waals surface area contributed by atoms with Gasteiger partial charge in [0.1, 0.15) is 0 Å². The summed E-state index contributed by atoms with van der Waals surface area (Å²) in [5.74, 6) is 0. The van der Waals surface area contributed by atoms with Crippen LogP contribution < -0.4 is 0 Å². The lowest BCUT2D eigenvalue weighted by molar-refractivity contribution is 0.145. The number of hydrogen-bond acceptors (Lipinski definition) is 2. The zero-order valence-electron chi connectivity index (χ0n) is 9.99. The summed E-state index contributed by atoms with van der Waals surface area (Å²) in [7, 11) is 0. The third kappa shape index (κ3) is 1.59. The number of nitrogens with zero attached hydrogens (tertiary/aromatic N) is 2. The molecule has 0 saturated heterocycles. The summed E-state index contributed by atoms with van der Waals surface area (Å²) in [4.78, 5) is 17.1. The number of aromatic nitrogens is 1. The molecule has 0 saturated carbocycles. The van der Waals surface area contributed by atoms with Gasteiger partial charge in [0.2, 0.25) is 0 Å². The molecule has 0 radical (unpaired) electrons. The van der Waals surface area contributed by atoms with Crippen molar-refractivity contribution in [2.24, 2.45) is 0 Å². The van der Waals surface area contributed by atoms with Crippen molar-refractivity contribution in [3.8, 4) is 0 Å². The van der Waals surface area contributed by atoms with E-state index in [4.69, 9.17) is 5.11 Å². The Balaban J connectivity index is 2.08. The fourth-order valence-electron chi connectivity index (χ4n) is 3.03. The molecule has 4 heteroatoms. The van der Waals surface area contributed by atoms with Crippen LogP contribution in [0.25, 0.3) is 0 Å². The lowest BCUT2D eigenvalue weighted by Crippen LogP contribution is -2.23. The van der Waals surface area contributed by atoms with E-state index in [1.807, 2.05) is 6.92 Å². The Kier molecular flexibility index (Phi) is 2.31. The minimum Gasteiger partial charge on any atom is -0.465 e. The highest BCUT2D eigenvalue weighted by Crippen LogP contribution is 2.32. The first kappa shape index (κ1) is 10.6. The second-order valence-electron chi connectivity index (χ2n) is 4.93. The van der Waals surface area contributed by atoms with E-state index in [1.165, 1.54) is 34.4 Å². The number of pyridine rings is 1. The zero-order valence-corrected chi connectivity index (χ0v) is 9.99. The largest absolute Gasteiger partial charge is 0.465 e. The van der Waals surface area contributed by atoms with Gasteiger partial charge in [-0.25, -0.2) is 4.79 Å². The van der Waals surface area contributed by atoms with Crippen LogP contribution in [-0.2, 0) is 25.9 Å². The molecular formula is C13H16N2O2. The van der Waals surface area contributed by atoms with Gasteiger partial charge in [-0.3, -0.25) is 9.88 Å². The van der Waals surface area contributed by atoms with Crippen LogP contribution in [0.4, 0.5) is 4.79 Å². The van der Waals surface area contributed by atoms with Crippen molar-refractivity contribution >= 4 is 6.09 Å². The molecule has 1 aliphatic heterocycles. The Bertz CT molecular complexity index is 497. The van der Waals surface area contributed by atoms with Crippen LogP contribution in [0.5, 0.6) is 0 Å². The predicted octanol–water partition coefficient (Wildman–Crippen LogP) is 2.26. The van der Waals surface area contributed by atoms with Crippen molar-refractivity contribution in [2.75, 3.05) is 0 Å². The summed E-state index contributed by atoms with van der Waals surface area (Å²) in [6.45, 7) is 3.03. The average Bonchev–Trinajstić information content (AvgIpc) is 2.73. The van der Waals surface area contributed by atoms with Gasteiger partial charge in [-0.05, 0) is 49.3 Å². The van der Waals surface area contributed by atoms with Crippen molar-refractivity contribution < 1.29 is 9.90 Å². The topological polar surface area (TPSA) is 53.4 Å². The molecule has 0 fully saturated rings. The number of fused-ring (bicyclic) bond motifs is 3. The van der Waals surface area contributed by atoms with Gasteiger partial charge in [-0.2, -0.15) is 0 Å². The highest BCUT2D eigenvalue weighted by atomic mass is 16.4. The SMILES string of the molecule is Cc1nc2c(c3c1CCCC3)CN(C(=O)O)C2. The average molecular weight is 232 g/mol. The van der Waals surface area contributed by atoms with E-state index >= 15 is 0 Å². The van der Waals surface area contributed by atoms with Gasteiger partial charge in [0, 0.05) is 5.69 Å². The lowest BCUT2D eigenvalue weighted by atomic mass is 9.87. The molecular weight excluding hydrogens is 216 g/mol. The van der Waals surface area contributed by atoms with Crippen LogP contribution in [0.2, 0.25) is 0 Å². The van der Waals surface area contributed by atoms with Gasteiger partial charge >= 0.3 is 6.09 Å². The fraction of sp³-hybridized carbons (Fsp3) is 0.538. The van der Waals surface area contributed by atoms with Crippen LogP contribution in [-0.4, -0.2) is 21.1 Å². The minimum atomic E-state index is -0.842. The first-order valence-corrected chi connectivity index (χ1v) is 6.15. The molecule has 1 aromatic rings. The van der Waals surface area contributed by atoms with Crippen LogP contribution in [0.15, 0.2) is 0 Å². The standard InChI is InChI=1S/C13H16N2O2/c1-8-9-4-2-3-5-10(9)11-6-15(13(16)17)7-12(11)14-8/h2-7H2,1H3,(H,16,17). The maximum atomic E-state index is 11.0. The molecule has 0 bridgehead atoms. The fourth-order valence-corrected chi connectivity index (χ4v) is 3.03. The van der Waals surface area contributed by atoms with Gasteiger partial charge in [0.25, 0.3) is 0 Å². The van der Waals surface area contributed by atoms with Crippen molar-refractivity contribution in [3.63, 3.8) is 0 Å². The molecule has 0 unspecified atom stereocenters. The van der Waals surface area contributed by atoms with Gasteiger partial charge in [-0.15, -0.1) is 0 Å². The molecule has 1 aliphatic carbocycles. The molecule has 90 valence electrons. The van der Waals surface area contributed by atoms with Crippen molar-refractivity contribution in [1.29, 1.82) is 0 Å². The summed E-state index contributed by atoms with van der Waals surface area (Å²) in [5.41, 5.74) is 6.04. The molecule has 0 spiro atoms. The highest BCUT2D eigenvalue weighted by Gasteiger charge is 2.29. The first-order valence-electron chi connectivity index (χ1n) is 6.15. The molecule has 0 aromatic carbocycles. The van der Waals surface area contributed by atoms with E-state index in [-0.39, 0.29) is 0 Å². The maximum Gasteiger partial charge on any atom is 0.407 e. The van der Waals surface area contributed by atoms with E-state index < -0.39 is 6.09 Å². The molecule has 2 aliphatic rings. The molecule has 1 aromatic heterocycles. The Morgan fingerprint density at radius 1 is 1.18 bits per heavy atom. The molecule has 1 N–H and O–H groups in total.